The van der Waals surface area contributed by atoms with Crippen molar-refractivity contribution in [2.45, 2.75) is 19.4 Å². The third kappa shape index (κ3) is 2.06. The average molecular weight is 280 g/mol. The molecule has 19 heavy (non-hydrogen) atoms. The predicted molar refractivity (Wildman–Crippen MR) is 67.7 cm³/mol. The quantitative estimate of drug-likeness (QED) is 0.915. The van der Waals surface area contributed by atoms with Crippen molar-refractivity contribution in [3.63, 3.8) is 0 Å². The first-order valence-electron chi connectivity index (χ1n) is 5.74. The number of aromatic carboxylic acids is 1. The summed E-state index contributed by atoms with van der Waals surface area (Å²) >= 11 is 6.16. The number of nitrogens with zero attached hydrogens (tertiary/aromatic N) is 1. The normalized spacial score (nSPS) is 17.1. The van der Waals surface area contributed by atoms with E-state index in [9.17, 15) is 4.79 Å². The number of carbonyl (C=O) groups is 1. The van der Waals surface area contributed by atoms with Crippen molar-refractivity contribution in [2.24, 2.45) is 0 Å². The number of fused-ring (bicyclic) bond motifs is 1. The number of benzene rings is 1. The van der Waals surface area contributed by atoms with Crippen LogP contribution >= 0.6 is 11.6 Å². The molecule has 0 saturated heterocycles. The maximum absolute atomic E-state index is 10.8. The standard InChI is InChI=1S/C13H10ClNO4/c1-6-2-8-3-7(4-9(14)12(8)18-6)10-5-11(13(16)17)19-15-10/h3-6H,2H2,1H3,(H,16,17). The minimum atomic E-state index is -1.15. The Morgan fingerprint density at radius 2 is 2.26 bits per heavy atom. The molecule has 2 aromatic rings. The molecule has 6 heteroatoms. The van der Waals surface area contributed by atoms with Crippen LogP contribution in [0.25, 0.3) is 11.3 Å². The van der Waals surface area contributed by atoms with Crippen LogP contribution in [0.4, 0.5) is 0 Å². The number of carboxylic acids is 1. The maximum atomic E-state index is 10.8. The lowest BCUT2D eigenvalue weighted by molar-refractivity contribution is 0.0652. The number of rotatable bonds is 2. The molecule has 0 amide bonds. The zero-order chi connectivity index (χ0) is 13.6. The molecule has 1 aromatic heterocycles. The van der Waals surface area contributed by atoms with Gasteiger partial charge in [0.15, 0.2) is 0 Å². The lowest BCUT2D eigenvalue weighted by Gasteiger charge is -2.05. The molecule has 0 saturated carbocycles. The summed E-state index contributed by atoms with van der Waals surface area (Å²) in [7, 11) is 0. The molecule has 3 rings (SSSR count). The van der Waals surface area contributed by atoms with E-state index >= 15 is 0 Å². The molecular formula is C13H10ClNO4. The van der Waals surface area contributed by atoms with E-state index in [-0.39, 0.29) is 11.9 Å². The molecule has 0 bridgehead atoms. The van der Waals surface area contributed by atoms with Gasteiger partial charge in [0.2, 0.25) is 5.76 Å². The van der Waals surface area contributed by atoms with Gasteiger partial charge in [-0.1, -0.05) is 16.8 Å². The van der Waals surface area contributed by atoms with Gasteiger partial charge in [-0.3, -0.25) is 0 Å². The Hall–Kier alpha value is -2.01. The van der Waals surface area contributed by atoms with Gasteiger partial charge in [0, 0.05) is 23.6 Å². The van der Waals surface area contributed by atoms with E-state index in [2.05, 4.69) is 5.16 Å². The van der Waals surface area contributed by atoms with Crippen molar-refractivity contribution in [1.82, 2.24) is 5.16 Å². The Balaban J connectivity index is 2.04. The fourth-order valence-corrected chi connectivity index (χ4v) is 2.43. The van der Waals surface area contributed by atoms with Gasteiger partial charge in [-0.05, 0) is 19.1 Å². The number of ether oxygens (including phenoxy) is 1. The number of hydrogen-bond donors (Lipinski definition) is 1. The average Bonchev–Trinajstić information content (AvgIpc) is 2.94. The second-order valence-electron chi connectivity index (χ2n) is 4.46. The molecule has 0 fully saturated rings. The fourth-order valence-electron chi connectivity index (χ4n) is 2.15. The van der Waals surface area contributed by atoms with Crippen LogP contribution in [-0.4, -0.2) is 22.3 Å². The van der Waals surface area contributed by atoms with Crippen LogP contribution in [0.2, 0.25) is 5.02 Å². The summed E-state index contributed by atoms with van der Waals surface area (Å²) in [6, 6.07) is 4.97. The Morgan fingerprint density at radius 3 is 2.95 bits per heavy atom. The molecule has 98 valence electrons. The van der Waals surface area contributed by atoms with E-state index in [0.29, 0.717) is 16.5 Å². The van der Waals surface area contributed by atoms with Gasteiger partial charge < -0.3 is 14.4 Å². The van der Waals surface area contributed by atoms with Gasteiger partial charge in [-0.15, -0.1) is 0 Å². The molecular weight excluding hydrogens is 270 g/mol. The smallest absolute Gasteiger partial charge is 0.374 e. The molecule has 1 aliphatic rings. The Bertz CT molecular complexity index is 665. The molecule has 5 nitrogen and oxygen atoms in total. The van der Waals surface area contributed by atoms with E-state index in [1.165, 1.54) is 6.07 Å². The van der Waals surface area contributed by atoms with Crippen molar-refractivity contribution >= 4 is 17.6 Å². The van der Waals surface area contributed by atoms with Crippen LogP contribution in [0.1, 0.15) is 23.0 Å². The maximum Gasteiger partial charge on any atom is 0.374 e. The number of carboxylic acid groups (broad SMARTS) is 1. The molecule has 2 heterocycles. The van der Waals surface area contributed by atoms with Crippen LogP contribution in [0.3, 0.4) is 0 Å². The minimum Gasteiger partial charge on any atom is -0.489 e. The van der Waals surface area contributed by atoms with Crippen molar-refractivity contribution in [3.05, 3.63) is 34.5 Å². The lowest BCUT2D eigenvalue weighted by Crippen LogP contribution is -2.05. The van der Waals surface area contributed by atoms with E-state index in [4.69, 9.17) is 26.0 Å². The summed E-state index contributed by atoms with van der Waals surface area (Å²) in [6.07, 6.45) is 0.863. The largest absolute Gasteiger partial charge is 0.489 e. The molecule has 0 radical (unpaired) electrons. The van der Waals surface area contributed by atoms with Crippen LogP contribution < -0.4 is 4.74 Å². The third-order valence-electron chi connectivity index (χ3n) is 2.96. The summed E-state index contributed by atoms with van der Waals surface area (Å²) in [5.41, 5.74) is 2.16. The molecule has 0 spiro atoms. The van der Waals surface area contributed by atoms with Crippen molar-refractivity contribution < 1.29 is 19.2 Å². The van der Waals surface area contributed by atoms with Crippen molar-refractivity contribution in [2.75, 3.05) is 0 Å². The second-order valence-corrected chi connectivity index (χ2v) is 4.87. The highest BCUT2D eigenvalue weighted by Gasteiger charge is 2.23. The highest BCUT2D eigenvalue weighted by Crippen LogP contribution is 2.39. The fraction of sp³-hybridized carbons (Fsp3) is 0.231. The SMILES string of the molecule is CC1Cc2cc(-c3cc(C(=O)O)on3)cc(Cl)c2O1. The third-order valence-corrected chi connectivity index (χ3v) is 3.24. The molecule has 0 aliphatic carbocycles. The summed E-state index contributed by atoms with van der Waals surface area (Å²) in [4.78, 5) is 10.8. The van der Waals surface area contributed by atoms with Crippen LogP contribution in [0.5, 0.6) is 5.75 Å². The van der Waals surface area contributed by atoms with Gasteiger partial charge >= 0.3 is 5.97 Å². The Labute approximate surface area is 113 Å². The number of aromatic nitrogens is 1. The Morgan fingerprint density at radius 1 is 1.47 bits per heavy atom. The van der Waals surface area contributed by atoms with E-state index < -0.39 is 5.97 Å². The Kier molecular flexibility index (Phi) is 2.71. The van der Waals surface area contributed by atoms with Gasteiger partial charge in [-0.2, -0.15) is 0 Å². The van der Waals surface area contributed by atoms with Crippen LogP contribution in [0, 0.1) is 0 Å². The highest BCUT2D eigenvalue weighted by molar-refractivity contribution is 6.32. The van der Waals surface area contributed by atoms with Crippen molar-refractivity contribution in [1.29, 1.82) is 0 Å². The van der Waals surface area contributed by atoms with E-state index in [1.54, 1.807) is 6.07 Å². The van der Waals surface area contributed by atoms with Gasteiger partial charge in [0.05, 0.1) is 5.02 Å². The number of halogens is 1. The first-order chi connectivity index (χ1) is 9.04. The van der Waals surface area contributed by atoms with E-state index in [1.807, 2.05) is 13.0 Å². The van der Waals surface area contributed by atoms with Gasteiger partial charge in [0.1, 0.15) is 17.5 Å². The summed E-state index contributed by atoms with van der Waals surface area (Å²) in [5, 5.41) is 13.0. The summed E-state index contributed by atoms with van der Waals surface area (Å²) in [5.74, 6) is -0.654. The lowest BCUT2D eigenvalue weighted by atomic mass is 10.0. The molecule has 1 aliphatic heterocycles. The summed E-state index contributed by atoms with van der Waals surface area (Å²) < 4.78 is 10.3. The van der Waals surface area contributed by atoms with E-state index in [0.717, 1.165) is 17.5 Å². The zero-order valence-electron chi connectivity index (χ0n) is 10.0. The monoisotopic (exact) mass is 279 g/mol. The zero-order valence-corrected chi connectivity index (χ0v) is 10.8. The van der Waals surface area contributed by atoms with Gasteiger partial charge in [-0.25, -0.2) is 4.79 Å². The van der Waals surface area contributed by atoms with Crippen molar-refractivity contribution in [3.8, 4) is 17.0 Å². The molecule has 1 aromatic carbocycles. The summed E-state index contributed by atoms with van der Waals surface area (Å²) in [6.45, 7) is 1.97. The predicted octanol–water partition coefficient (Wildman–Crippen LogP) is 3.02. The minimum absolute atomic E-state index is 0.0923. The van der Waals surface area contributed by atoms with Crippen LogP contribution in [-0.2, 0) is 6.42 Å². The first kappa shape index (κ1) is 12.0. The van der Waals surface area contributed by atoms with Gasteiger partial charge in [0.25, 0.3) is 0 Å². The highest BCUT2D eigenvalue weighted by atomic mass is 35.5. The molecule has 1 N–H and O–H groups in total. The molecule has 1 atom stereocenters. The molecule has 1 unspecified atom stereocenters. The van der Waals surface area contributed by atoms with Crippen LogP contribution in [0.15, 0.2) is 22.7 Å². The first-order valence-corrected chi connectivity index (χ1v) is 6.12. The number of hydrogen-bond acceptors (Lipinski definition) is 4. The second kappa shape index (κ2) is 4.28. The topological polar surface area (TPSA) is 72.6 Å².